The average Bonchev–Trinajstić information content (AvgIpc) is 2.97. The fourth-order valence-corrected chi connectivity index (χ4v) is 4.54. The summed E-state index contributed by atoms with van der Waals surface area (Å²) in [5.41, 5.74) is 3.51. The number of carbonyl (C=O) groups is 2. The first-order chi connectivity index (χ1) is 19.4. The van der Waals surface area contributed by atoms with E-state index in [1.807, 2.05) is 73.7 Å². The summed E-state index contributed by atoms with van der Waals surface area (Å²) in [4.78, 5) is 22.8. The number of hydrogen-bond acceptors (Lipinski definition) is 7. The summed E-state index contributed by atoms with van der Waals surface area (Å²) in [5.74, 6) is -2.50. The van der Waals surface area contributed by atoms with E-state index in [1.165, 1.54) is 0 Å². The molecule has 0 aromatic heterocycles. The maximum atomic E-state index is 11.7. The number of hydrogen-bond donors (Lipinski definition) is 3. The Kier molecular flexibility index (Phi) is 12.9. The molecule has 3 aromatic carbocycles. The fourth-order valence-electron chi connectivity index (χ4n) is 4.29. The maximum absolute atomic E-state index is 11.7. The van der Waals surface area contributed by atoms with Crippen LogP contribution in [0.3, 0.4) is 0 Å². The molecule has 214 valence electrons. The van der Waals surface area contributed by atoms with Gasteiger partial charge >= 0.3 is 11.9 Å². The second-order valence-electron chi connectivity index (χ2n) is 9.19. The van der Waals surface area contributed by atoms with Crippen LogP contribution in [-0.2, 0) is 32.0 Å². The number of ether oxygens (including phenoxy) is 3. The van der Waals surface area contributed by atoms with E-state index in [1.54, 1.807) is 6.07 Å². The van der Waals surface area contributed by atoms with Crippen molar-refractivity contribution >= 4 is 23.5 Å². The van der Waals surface area contributed by atoms with E-state index in [2.05, 4.69) is 5.32 Å². The maximum Gasteiger partial charge on any atom is 0.417 e. The van der Waals surface area contributed by atoms with E-state index < -0.39 is 18.0 Å². The number of aliphatic hydroxyl groups excluding tert-OH is 1. The summed E-state index contributed by atoms with van der Waals surface area (Å²) in [6.45, 7) is 4.15. The zero-order valence-corrected chi connectivity index (χ0v) is 23.3. The number of halogens is 1. The van der Waals surface area contributed by atoms with Gasteiger partial charge in [0.2, 0.25) is 0 Å². The smallest absolute Gasteiger partial charge is 0.417 e. The van der Waals surface area contributed by atoms with E-state index in [0.29, 0.717) is 50.8 Å². The second-order valence-corrected chi connectivity index (χ2v) is 9.60. The Morgan fingerprint density at radius 3 is 2.42 bits per heavy atom. The van der Waals surface area contributed by atoms with Crippen molar-refractivity contribution in [3.63, 3.8) is 0 Å². The molecular weight excluding hydrogens is 534 g/mol. The number of carboxylic acids is 1. The van der Waals surface area contributed by atoms with Crippen molar-refractivity contribution in [3.05, 3.63) is 100 Å². The fraction of sp³-hybridized carbons (Fsp3) is 0.355. The van der Waals surface area contributed by atoms with Gasteiger partial charge in [-0.15, -0.1) is 0 Å². The van der Waals surface area contributed by atoms with Crippen molar-refractivity contribution in [2.75, 3.05) is 33.0 Å². The van der Waals surface area contributed by atoms with E-state index in [9.17, 15) is 14.7 Å². The molecular formula is C31H36ClNO7. The van der Waals surface area contributed by atoms with Gasteiger partial charge in [0, 0.05) is 30.6 Å². The van der Waals surface area contributed by atoms with Crippen LogP contribution in [0.4, 0.5) is 0 Å². The summed E-state index contributed by atoms with van der Waals surface area (Å²) < 4.78 is 16.1. The number of nitrogens with one attached hydrogen (secondary N) is 1. The SMILES string of the molecule is CCOCCOc1ccc(CCC(COC(=O)C(=O)O)c2cccc(Cl)c2CNC[C@H](O)c2ccccc2)cc1. The molecule has 0 aliphatic heterocycles. The summed E-state index contributed by atoms with van der Waals surface area (Å²) in [5, 5.41) is 23.3. The monoisotopic (exact) mass is 569 g/mol. The van der Waals surface area contributed by atoms with Gasteiger partial charge in [0.05, 0.1) is 19.3 Å². The number of esters is 1. The van der Waals surface area contributed by atoms with Crippen LogP contribution < -0.4 is 10.1 Å². The summed E-state index contributed by atoms with van der Waals surface area (Å²) in [6.07, 6.45) is 0.545. The number of rotatable bonds is 16. The van der Waals surface area contributed by atoms with Gasteiger partial charge in [-0.2, -0.15) is 0 Å². The van der Waals surface area contributed by atoms with Gasteiger partial charge in [0.15, 0.2) is 0 Å². The third-order valence-corrected chi connectivity index (χ3v) is 6.77. The lowest BCUT2D eigenvalue weighted by Crippen LogP contribution is -2.24. The molecule has 3 rings (SSSR count). The highest BCUT2D eigenvalue weighted by Gasteiger charge is 2.22. The minimum absolute atomic E-state index is 0.107. The van der Waals surface area contributed by atoms with Crippen molar-refractivity contribution in [1.82, 2.24) is 5.32 Å². The first-order valence-electron chi connectivity index (χ1n) is 13.3. The lowest BCUT2D eigenvalue weighted by molar-refractivity contribution is -0.164. The Labute approximate surface area is 239 Å². The third-order valence-electron chi connectivity index (χ3n) is 6.41. The molecule has 0 bridgehead atoms. The number of aliphatic hydroxyl groups is 1. The molecule has 9 heteroatoms. The van der Waals surface area contributed by atoms with Crippen LogP contribution in [0.5, 0.6) is 5.75 Å². The predicted molar refractivity (Wildman–Crippen MR) is 153 cm³/mol. The largest absolute Gasteiger partial charge is 0.491 e. The normalized spacial score (nSPS) is 12.5. The van der Waals surface area contributed by atoms with Gasteiger partial charge in [0.1, 0.15) is 12.4 Å². The highest BCUT2D eigenvalue weighted by molar-refractivity contribution is 6.31. The lowest BCUT2D eigenvalue weighted by Gasteiger charge is -2.22. The van der Waals surface area contributed by atoms with Gasteiger partial charge in [-0.3, -0.25) is 0 Å². The van der Waals surface area contributed by atoms with E-state index in [0.717, 1.165) is 28.0 Å². The molecule has 8 nitrogen and oxygen atoms in total. The van der Waals surface area contributed by atoms with Crippen LogP contribution >= 0.6 is 11.6 Å². The molecule has 0 fully saturated rings. The van der Waals surface area contributed by atoms with Crippen LogP contribution in [0.15, 0.2) is 72.8 Å². The van der Waals surface area contributed by atoms with Crippen LogP contribution in [-0.4, -0.2) is 55.1 Å². The number of benzene rings is 3. The zero-order valence-electron chi connectivity index (χ0n) is 22.6. The molecule has 2 atom stereocenters. The summed E-state index contributed by atoms with van der Waals surface area (Å²) >= 11 is 6.59. The van der Waals surface area contributed by atoms with Crippen molar-refractivity contribution in [2.45, 2.75) is 38.3 Å². The topological polar surface area (TPSA) is 114 Å². The molecule has 0 saturated heterocycles. The summed E-state index contributed by atoms with van der Waals surface area (Å²) in [7, 11) is 0. The predicted octanol–water partition coefficient (Wildman–Crippen LogP) is 4.92. The van der Waals surface area contributed by atoms with Gasteiger partial charge in [0.25, 0.3) is 0 Å². The highest BCUT2D eigenvalue weighted by atomic mass is 35.5. The van der Waals surface area contributed by atoms with E-state index in [4.69, 9.17) is 30.9 Å². The molecule has 40 heavy (non-hydrogen) atoms. The molecule has 0 heterocycles. The van der Waals surface area contributed by atoms with Crippen molar-refractivity contribution < 1.29 is 34.0 Å². The molecule has 3 N–H and O–H groups in total. The average molecular weight is 570 g/mol. The van der Waals surface area contributed by atoms with Crippen LogP contribution in [0.1, 0.15) is 47.6 Å². The van der Waals surface area contributed by atoms with Crippen molar-refractivity contribution in [2.24, 2.45) is 0 Å². The zero-order chi connectivity index (χ0) is 28.7. The first-order valence-corrected chi connectivity index (χ1v) is 13.7. The van der Waals surface area contributed by atoms with Gasteiger partial charge in [-0.1, -0.05) is 66.2 Å². The van der Waals surface area contributed by atoms with E-state index in [-0.39, 0.29) is 12.5 Å². The number of carbonyl (C=O) groups excluding carboxylic acids is 1. The Morgan fingerprint density at radius 2 is 1.73 bits per heavy atom. The van der Waals surface area contributed by atoms with Crippen LogP contribution in [0, 0.1) is 0 Å². The molecule has 0 aliphatic carbocycles. The number of aryl methyl sites for hydroxylation is 1. The Hall–Kier alpha value is -3.43. The third kappa shape index (κ3) is 9.95. The second kappa shape index (κ2) is 16.6. The van der Waals surface area contributed by atoms with Gasteiger partial charge < -0.3 is 29.7 Å². The standard InChI is InChI=1S/C31H36ClNO7/c1-2-38-17-18-39-25-15-12-22(13-16-25)11-14-24(21-40-31(37)30(35)36)26-9-6-10-28(32)27(26)19-33-20-29(34)23-7-4-3-5-8-23/h3-10,12-13,15-16,24,29,33-34H,2,11,14,17-21H2,1H3,(H,35,36)/t24?,29-/m0/s1. The van der Waals surface area contributed by atoms with Crippen LogP contribution in [0.25, 0.3) is 0 Å². The van der Waals surface area contributed by atoms with Gasteiger partial charge in [-0.25, -0.2) is 9.59 Å². The Bertz CT molecular complexity index is 1200. The van der Waals surface area contributed by atoms with Crippen molar-refractivity contribution in [1.29, 1.82) is 0 Å². The quantitative estimate of drug-likeness (QED) is 0.126. The van der Waals surface area contributed by atoms with Crippen LogP contribution in [0.2, 0.25) is 5.02 Å². The Balaban J connectivity index is 1.70. The lowest BCUT2D eigenvalue weighted by atomic mass is 9.89. The number of carboxylic acid groups (broad SMARTS) is 1. The molecule has 0 radical (unpaired) electrons. The van der Waals surface area contributed by atoms with Crippen molar-refractivity contribution in [3.8, 4) is 5.75 Å². The molecule has 1 unspecified atom stereocenters. The van der Waals surface area contributed by atoms with E-state index >= 15 is 0 Å². The number of aliphatic carboxylic acids is 1. The summed E-state index contributed by atoms with van der Waals surface area (Å²) in [6, 6.07) is 22.6. The molecule has 0 amide bonds. The minimum Gasteiger partial charge on any atom is -0.491 e. The molecule has 3 aromatic rings. The molecule has 0 spiro atoms. The highest BCUT2D eigenvalue weighted by Crippen LogP contribution is 2.30. The minimum atomic E-state index is -1.64. The first kappa shape index (κ1) is 31.1. The Morgan fingerprint density at radius 1 is 0.975 bits per heavy atom. The molecule has 0 saturated carbocycles. The van der Waals surface area contributed by atoms with Gasteiger partial charge in [-0.05, 0) is 60.2 Å². The molecule has 0 aliphatic rings.